The third-order valence-electron chi connectivity index (χ3n) is 5.00. The van der Waals surface area contributed by atoms with Gasteiger partial charge in [0.1, 0.15) is 5.69 Å². The van der Waals surface area contributed by atoms with Gasteiger partial charge in [0.15, 0.2) is 0 Å². The van der Waals surface area contributed by atoms with Gasteiger partial charge in [0, 0.05) is 24.8 Å². The first-order valence-corrected chi connectivity index (χ1v) is 9.53. The van der Waals surface area contributed by atoms with Gasteiger partial charge in [-0.3, -0.25) is 4.79 Å². The predicted molar refractivity (Wildman–Crippen MR) is 104 cm³/mol. The maximum atomic E-state index is 13.0. The van der Waals surface area contributed by atoms with Crippen molar-refractivity contribution in [2.45, 2.75) is 59.0 Å². The maximum Gasteiger partial charge on any atom is 0.272 e. The fourth-order valence-corrected chi connectivity index (χ4v) is 3.48. The van der Waals surface area contributed by atoms with Gasteiger partial charge in [-0.25, -0.2) is 9.97 Å². The molecule has 0 bridgehead atoms. The van der Waals surface area contributed by atoms with E-state index in [-0.39, 0.29) is 5.91 Å². The summed E-state index contributed by atoms with van der Waals surface area (Å²) in [7, 11) is 0. The van der Waals surface area contributed by atoms with E-state index in [9.17, 15) is 4.79 Å². The van der Waals surface area contributed by atoms with Gasteiger partial charge in [-0.2, -0.15) is 0 Å². The average Bonchev–Trinajstić information content (AvgIpc) is 2.66. The van der Waals surface area contributed by atoms with Crippen molar-refractivity contribution in [2.24, 2.45) is 0 Å². The van der Waals surface area contributed by atoms with Gasteiger partial charge in [-0.05, 0) is 51.2 Å². The summed E-state index contributed by atoms with van der Waals surface area (Å²) in [5.74, 6) is 0.541. The number of nitrogens with one attached hydrogen (secondary N) is 1. The SMILES string of the molecule is CCC1CCCCN1C(=O)c1cc(C)nc(NCc2ccc(C)cc2)n1. The lowest BCUT2D eigenvalue weighted by Crippen LogP contribution is -2.43. The van der Waals surface area contributed by atoms with E-state index in [1.807, 2.05) is 11.8 Å². The van der Waals surface area contributed by atoms with E-state index in [4.69, 9.17) is 0 Å². The van der Waals surface area contributed by atoms with Crippen molar-refractivity contribution < 1.29 is 4.79 Å². The van der Waals surface area contributed by atoms with E-state index in [1.165, 1.54) is 12.0 Å². The molecule has 5 nitrogen and oxygen atoms in total. The number of hydrogen-bond donors (Lipinski definition) is 1. The Kier molecular flexibility index (Phi) is 5.86. The molecular weight excluding hydrogens is 324 g/mol. The standard InChI is InChI=1S/C21H28N4O/c1-4-18-7-5-6-12-25(18)20(26)19-13-16(3)23-21(24-19)22-14-17-10-8-15(2)9-11-17/h8-11,13,18H,4-7,12,14H2,1-3H3,(H,22,23,24). The second kappa shape index (κ2) is 8.30. The smallest absolute Gasteiger partial charge is 0.272 e. The monoisotopic (exact) mass is 352 g/mol. The van der Waals surface area contributed by atoms with Crippen LogP contribution in [0.1, 0.15) is 59.9 Å². The fourth-order valence-electron chi connectivity index (χ4n) is 3.48. The Bertz CT molecular complexity index is 757. The number of amides is 1. The van der Waals surface area contributed by atoms with E-state index in [0.29, 0.717) is 24.2 Å². The number of likely N-dealkylation sites (tertiary alicyclic amines) is 1. The summed E-state index contributed by atoms with van der Waals surface area (Å²) >= 11 is 0. The van der Waals surface area contributed by atoms with Crippen LogP contribution in [0.5, 0.6) is 0 Å². The highest BCUT2D eigenvalue weighted by Crippen LogP contribution is 2.22. The number of aryl methyl sites for hydroxylation is 2. The molecule has 0 aliphatic carbocycles. The average molecular weight is 352 g/mol. The number of carbonyl (C=O) groups is 1. The van der Waals surface area contributed by atoms with Crippen molar-refractivity contribution >= 4 is 11.9 Å². The van der Waals surface area contributed by atoms with Gasteiger partial charge in [0.05, 0.1) is 0 Å². The topological polar surface area (TPSA) is 58.1 Å². The summed E-state index contributed by atoms with van der Waals surface area (Å²) in [5, 5.41) is 3.25. The minimum Gasteiger partial charge on any atom is -0.350 e. The number of piperidine rings is 1. The van der Waals surface area contributed by atoms with Crippen LogP contribution in [0.3, 0.4) is 0 Å². The molecule has 2 aromatic rings. The van der Waals surface area contributed by atoms with Gasteiger partial charge in [-0.15, -0.1) is 0 Å². The van der Waals surface area contributed by atoms with Crippen LogP contribution in [0, 0.1) is 13.8 Å². The zero-order valence-corrected chi connectivity index (χ0v) is 16.0. The Hall–Kier alpha value is -2.43. The van der Waals surface area contributed by atoms with Crippen molar-refractivity contribution in [3.63, 3.8) is 0 Å². The predicted octanol–water partition coefficient (Wildman–Crippen LogP) is 4.11. The van der Waals surface area contributed by atoms with Crippen molar-refractivity contribution in [2.75, 3.05) is 11.9 Å². The highest BCUT2D eigenvalue weighted by Gasteiger charge is 2.27. The number of anilines is 1. The highest BCUT2D eigenvalue weighted by atomic mass is 16.2. The van der Waals surface area contributed by atoms with Gasteiger partial charge >= 0.3 is 0 Å². The van der Waals surface area contributed by atoms with Crippen LogP contribution in [-0.4, -0.2) is 33.4 Å². The molecule has 26 heavy (non-hydrogen) atoms. The fraction of sp³-hybridized carbons (Fsp3) is 0.476. The van der Waals surface area contributed by atoms with Crippen LogP contribution in [0.2, 0.25) is 0 Å². The number of carbonyl (C=O) groups excluding carboxylic acids is 1. The minimum atomic E-state index is 0.0282. The summed E-state index contributed by atoms with van der Waals surface area (Å²) in [6.07, 6.45) is 4.36. The Morgan fingerprint density at radius 3 is 2.69 bits per heavy atom. The van der Waals surface area contributed by atoms with Gasteiger partial charge in [-0.1, -0.05) is 36.8 Å². The molecule has 0 radical (unpaired) electrons. The number of hydrogen-bond acceptors (Lipinski definition) is 4. The molecule has 1 aromatic carbocycles. The Labute approximate surface area is 155 Å². The molecule has 5 heteroatoms. The number of nitrogens with zero attached hydrogens (tertiary/aromatic N) is 3. The molecule has 0 saturated carbocycles. The summed E-state index contributed by atoms with van der Waals surface area (Å²) in [5.41, 5.74) is 3.69. The molecule has 1 fully saturated rings. The lowest BCUT2D eigenvalue weighted by molar-refractivity contribution is 0.0602. The first-order chi connectivity index (χ1) is 12.6. The molecule has 138 valence electrons. The number of rotatable bonds is 5. The Balaban J connectivity index is 1.74. The van der Waals surface area contributed by atoms with Crippen LogP contribution in [-0.2, 0) is 6.54 Å². The molecule has 1 aromatic heterocycles. The molecule has 1 aliphatic heterocycles. The lowest BCUT2D eigenvalue weighted by Gasteiger charge is -2.35. The molecule has 1 unspecified atom stereocenters. The normalized spacial score (nSPS) is 17.2. The molecule has 1 aliphatic rings. The second-order valence-corrected chi connectivity index (χ2v) is 7.11. The summed E-state index contributed by atoms with van der Waals surface area (Å²) in [6, 6.07) is 10.5. The Morgan fingerprint density at radius 2 is 1.96 bits per heavy atom. The van der Waals surface area contributed by atoms with E-state index >= 15 is 0 Å². The summed E-state index contributed by atoms with van der Waals surface area (Å²) < 4.78 is 0. The lowest BCUT2D eigenvalue weighted by atomic mass is 9.99. The number of benzene rings is 1. The molecule has 2 heterocycles. The van der Waals surface area contributed by atoms with Gasteiger partial charge in [0.2, 0.25) is 5.95 Å². The van der Waals surface area contributed by atoms with Gasteiger partial charge < -0.3 is 10.2 Å². The molecule has 1 atom stereocenters. The minimum absolute atomic E-state index is 0.0282. The molecule has 1 saturated heterocycles. The van der Waals surface area contributed by atoms with E-state index in [0.717, 1.165) is 37.1 Å². The van der Waals surface area contributed by atoms with E-state index < -0.39 is 0 Å². The van der Waals surface area contributed by atoms with Crippen LogP contribution in [0.25, 0.3) is 0 Å². The summed E-state index contributed by atoms with van der Waals surface area (Å²) in [6.45, 7) is 7.59. The van der Waals surface area contributed by atoms with Crippen LogP contribution >= 0.6 is 0 Å². The third-order valence-corrected chi connectivity index (χ3v) is 5.00. The largest absolute Gasteiger partial charge is 0.350 e. The van der Waals surface area contributed by atoms with E-state index in [2.05, 4.69) is 53.4 Å². The number of aromatic nitrogens is 2. The van der Waals surface area contributed by atoms with Crippen LogP contribution in [0.15, 0.2) is 30.3 Å². The van der Waals surface area contributed by atoms with Crippen molar-refractivity contribution in [3.8, 4) is 0 Å². The van der Waals surface area contributed by atoms with Crippen LogP contribution < -0.4 is 5.32 Å². The highest BCUT2D eigenvalue weighted by molar-refractivity contribution is 5.93. The first-order valence-electron chi connectivity index (χ1n) is 9.53. The first kappa shape index (κ1) is 18.4. The molecule has 1 amide bonds. The van der Waals surface area contributed by atoms with Crippen molar-refractivity contribution in [3.05, 3.63) is 52.8 Å². The van der Waals surface area contributed by atoms with E-state index in [1.54, 1.807) is 6.07 Å². The molecule has 1 N–H and O–H groups in total. The third kappa shape index (κ3) is 4.40. The molecule has 0 spiro atoms. The molecular formula is C21H28N4O. The Morgan fingerprint density at radius 1 is 1.19 bits per heavy atom. The quantitative estimate of drug-likeness (QED) is 0.880. The van der Waals surface area contributed by atoms with Crippen molar-refractivity contribution in [1.29, 1.82) is 0 Å². The van der Waals surface area contributed by atoms with Crippen LogP contribution in [0.4, 0.5) is 5.95 Å². The second-order valence-electron chi connectivity index (χ2n) is 7.11. The summed E-state index contributed by atoms with van der Waals surface area (Å²) in [4.78, 5) is 23.9. The molecule has 3 rings (SSSR count). The van der Waals surface area contributed by atoms with Crippen molar-refractivity contribution in [1.82, 2.24) is 14.9 Å². The zero-order chi connectivity index (χ0) is 18.5. The zero-order valence-electron chi connectivity index (χ0n) is 16.0. The van der Waals surface area contributed by atoms with Gasteiger partial charge in [0.25, 0.3) is 5.91 Å². The maximum absolute atomic E-state index is 13.0.